The second-order valence-corrected chi connectivity index (χ2v) is 3.16. The zero-order valence-electron chi connectivity index (χ0n) is 6.97. The zero-order chi connectivity index (χ0) is 8.97. The molecule has 1 rings (SSSR count). The highest BCUT2D eigenvalue weighted by Crippen LogP contribution is 2.11. The highest BCUT2D eigenvalue weighted by Gasteiger charge is 2.16. The fourth-order valence-electron chi connectivity index (χ4n) is 1.45. The molecule has 1 aliphatic rings. The molecule has 4 nitrogen and oxygen atoms in total. The van der Waals surface area contributed by atoms with E-state index in [1.165, 1.54) is 0 Å². The normalized spacial score (nSPS) is 24.3. The van der Waals surface area contributed by atoms with E-state index in [1.807, 2.05) is 0 Å². The summed E-state index contributed by atoms with van der Waals surface area (Å²) in [6, 6.07) is -0.0301. The van der Waals surface area contributed by atoms with Crippen molar-refractivity contribution in [3.63, 3.8) is 0 Å². The van der Waals surface area contributed by atoms with Crippen molar-refractivity contribution < 1.29 is 9.90 Å². The molecule has 1 heterocycles. The number of hydrogen-bond acceptors (Lipinski definition) is 2. The van der Waals surface area contributed by atoms with Crippen molar-refractivity contribution in [2.24, 2.45) is 0 Å². The van der Waals surface area contributed by atoms with Crippen LogP contribution in [0.25, 0.3) is 0 Å². The van der Waals surface area contributed by atoms with Crippen LogP contribution in [0.15, 0.2) is 0 Å². The Bertz CT molecular complexity index is 191. The Hall–Kier alpha value is -1.06. The molecular weight excluding hydrogens is 156 g/mol. The highest BCUT2D eigenvalue weighted by molar-refractivity contribution is 5.80. The van der Waals surface area contributed by atoms with Crippen LogP contribution >= 0.6 is 0 Å². The average Bonchev–Trinajstić information content (AvgIpc) is 2.12. The van der Waals surface area contributed by atoms with Crippen LogP contribution in [0.3, 0.4) is 0 Å². The first-order valence-corrected chi connectivity index (χ1v) is 4.24. The van der Waals surface area contributed by atoms with E-state index in [1.54, 1.807) is 0 Å². The molecule has 0 aliphatic carbocycles. The van der Waals surface area contributed by atoms with E-state index < -0.39 is 5.97 Å². The van der Waals surface area contributed by atoms with Crippen molar-refractivity contribution in [1.82, 2.24) is 5.32 Å². The second kappa shape index (κ2) is 4.09. The lowest BCUT2D eigenvalue weighted by atomic mass is 10.1. The Morgan fingerprint density at radius 2 is 2.42 bits per heavy atom. The summed E-state index contributed by atoms with van der Waals surface area (Å²) >= 11 is 0. The molecule has 0 radical (unpaired) electrons. The maximum atomic E-state index is 10.4. The van der Waals surface area contributed by atoms with Gasteiger partial charge in [-0.1, -0.05) is 6.42 Å². The molecule has 12 heavy (non-hydrogen) atoms. The van der Waals surface area contributed by atoms with E-state index in [-0.39, 0.29) is 12.5 Å². The third-order valence-electron chi connectivity index (χ3n) is 2.03. The van der Waals surface area contributed by atoms with Gasteiger partial charge in [0.15, 0.2) is 0 Å². The van der Waals surface area contributed by atoms with E-state index in [2.05, 4.69) is 5.32 Å². The SMILES string of the molecule is N=C1CCCCC(CC(=O)O)N1. The molecule has 0 spiro atoms. The minimum Gasteiger partial charge on any atom is -0.481 e. The maximum Gasteiger partial charge on any atom is 0.305 e. The van der Waals surface area contributed by atoms with Crippen LogP contribution in [0.5, 0.6) is 0 Å². The first kappa shape index (κ1) is 9.03. The Morgan fingerprint density at radius 1 is 1.67 bits per heavy atom. The molecule has 0 aromatic heterocycles. The number of carboxylic acid groups (broad SMARTS) is 1. The molecule has 0 saturated carbocycles. The molecule has 1 unspecified atom stereocenters. The maximum absolute atomic E-state index is 10.4. The quantitative estimate of drug-likeness (QED) is 0.578. The van der Waals surface area contributed by atoms with Crippen molar-refractivity contribution in [2.75, 3.05) is 0 Å². The molecule has 1 atom stereocenters. The van der Waals surface area contributed by atoms with Crippen LogP contribution < -0.4 is 5.32 Å². The van der Waals surface area contributed by atoms with Crippen molar-refractivity contribution in [3.05, 3.63) is 0 Å². The predicted molar refractivity (Wildman–Crippen MR) is 45.4 cm³/mol. The first-order valence-electron chi connectivity index (χ1n) is 4.24. The van der Waals surface area contributed by atoms with Gasteiger partial charge in [-0.25, -0.2) is 0 Å². The molecule has 1 fully saturated rings. The summed E-state index contributed by atoms with van der Waals surface area (Å²) < 4.78 is 0. The van der Waals surface area contributed by atoms with E-state index in [0.29, 0.717) is 5.84 Å². The Labute approximate surface area is 71.5 Å². The van der Waals surface area contributed by atoms with Gasteiger partial charge in [-0.05, 0) is 12.8 Å². The summed E-state index contributed by atoms with van der Waals surface area (Å²) in [7, 11) is 0. The van der Waals surface area contributed by atoms with Crippen LogP contribution in [0, 0.1) is 5.41 Å². The highest BCUT2D eigenvalue weighted by atomic mass is 16.4. The standard InChI is InChI=1S/C8H14N2O2/c9-7-4-2-1-3-6(10-7)5-8(11)12/h6H,1-5H2,(H2,9,10)(H,11,12). The summed E-state index contributed by atoms with van der Waals surface area (Å²) in [5, 5.41) is 18.8. The topological polar surface area (TPSA) is 73.2 Å². The number of rotatable bonds is 2. The van der Waals surface area contributed by atoms with Gasteiger partial charge in [0.2, 0.25) is 0 Å². The molecular formula is C8H14N2O2. The van der Waals surface area contributed by atoms with Gasteiger partial charge in [0.05, 0.1) is 12.3 Å². The third kappa shape index (κ3) is 2.90. The van der Waals surface area contributed by atoms with Gasteiger partial charge in [-0.15, -0.1) is 0 Å². The Morgan fingerprint density at radius 3 is 3.08 bits per heavy atom. The van der Waals surface area contributed by atoms with Gasteiger partial charge >= 0.3 is 5.97 Å². The fourth-order valence-corrected chi connectivity index (χ4v) is 1.45. The minimum atomic E-state index is -0.790. The molecule has 0 bridgehead atoms. The largest absolute Gasteiger partial charge is 0.481 e. The molecule has 68 valence electrons. The van der Waals surface area contributed by atoms with E-state index in [0.717, 1.165) is 25.7 Å². The monoisotopic (exact) mass is 170 g/mol. The summed E-state index contributed by atoms with van der Waals surface area (Å²) in [5.41, 5.74) is 0. The van der Waals surface area contributed by atoms with Crippen molar-refractivity contribution in [3.8, 4) is 0 Å². The van der Waals surface area contributed by atoms with Crippen molar-refractivity contribution in [1.29, 1.82) is 5.41 Å². The third-order valence-corrected chi connectivity index (χ3v) is 2.03. The van der Waals surface area contributed by atoms with E-state index in [9.17, 15) is 4.79 Å². The van der Waals surface area contributed by atoms with Gasteiger partial charge < -0.3 is 10.4 Å². The van der Waals surface area contributed by atoms with Crippen molar-refractivity contribution in [2.45, 2.75) is 38.1 Å². The zero-order valence-corrected chi connectivity index (χ0v) is 6.97. The number of amidine groups is 1. The van der Waals surface area contributed by atoms with Crippen molar-refractivity contribution >= 4 is 11.8 Å². The summed E-state index contributed by atoms with van der Waals surface area (Å²) in [6.45, 7) is 0. The first-order chi connectivity index (χ1) is 5.68. The average molecular weight is 170 g/mol. The lowest BCUT2D eigenvalue weighted by molar-refractivity contribution is -0.137. The van der Waals surface area contributed by atoms with E-state index in [4.69, 9.17) is 10.5 Å². The number of hydrogen-bond donors (Lipinski definition) is 3. The molecule has 0 aromatic carbocycles. The number of carbonyl (C=O) groups is 1. The Balaban J connectivity index is 2.41. The lowest BCUT2D eigenvalue weighted by Gasteiger charge is -2.13. The summed E-state index contributed by atoms with van der Waals surface area (Å²) in [5.74, 6) is -0.305. The number of carboxylic acids is 1. The van der Waals surface area contributed by atoms with Crippen LogP contribution in [0.1, 0.15) is 32.1 Å². The molecule has 1 aliphatic heterocycles. The molecule has 0 aromatic rings. The molecule has 0 amide bonds. The minimum absolute atomic E-state index is 0.0301. The molecule has 3 N–H and O–H groups in total. The van der Waals surface area contributed by atoms with Crippen LogP contribution in [-0.2, 0) is 4.79 Å². The van der Waals surface area contributed by atoms with Gasteiger partial charge in [-0.3, -0.25) is 10.2 Å². The number of aliphatic carboxylic acids is 1. The molecule has 4 heteroatoms. The predicted octanol–water partition coefficient (Wildman–Crippen LogP) is 0.971. The number of nitrogens with one attached hydrogen (secondary N) is 2. The van der Waals surface area contributed by atoms with Gasteiger partial charge in [0.25, 0.3) is 0 Å². The smallest absolute Gasteiger partial charge is 0.305 e. The second-order valence-electron chi connectivity index (χ2n) is 3.16. The van der Waals surface area contributed by atoms with Gasteiger partial charge in [-0.2, -0.15) is 0 Å². The fraction of sp³-hybridized carbons (Fsp3) is 0.750. The summed E-state index contributed by atoms with van der Waals surface area (Å²) in [6.07, 6.45) is 3.78. The van der Waals surface area contributed by atoms with Gasteiger partial charge in [0.1, 0.15) is 0 Å². The van der Waals surface area contributed by atoms with Crippen LogP contribution in [0.4, 0.5) is 0 Å². The molecule has 1 saturated heterocycles. The lowest BCUT2D eigenvalue weighted by Crippen LogP contribution is -2.34. The van der Waals surface area contributed by atoms with Gasteiger partial charge in [0, 0.05) is 12.5 Å². The Kier molecular flexibility index (Phi) is 3.08. The van der Waals surface area contributed by atoms with E-state index >= 15 is 0 Å². The van der Waals surface area contributed by atoms with Crippen LogP contribution in [-0.4, -0.2) is 23.0 Å². The summed E-state index contributed by atoms with van der Waals surface area (Å²) in [4.78, 5) is 10.4. The van der Waals surface area contributed by atoms with Crippen LogP contribution in [0.2, 0.25) is 0 Å².